The number of rotatable bonds is 10. The van der Waals surface area contributed by atoms with E-state index in [4.69, 9.17) is 13.3 Å². The fourth-order valence-electron chi connectivity index (χ4n) is 1.68. The summed E-state index contributed by atoms with van der Waals surface area (Å²) in [5.41, 5.74) is 0. The molecule has 0 N–H and O–H groups in total. The van der Waals surface area contributed by atoms with Gasteiger partial charge in [-0.1, -0.05) is 46.5 Å². The lowest BCUT2D eigenvalue weighted by Gasteiger charge is -2.24. The highest BCUT2D eigenvalue weighted by atomic mass is 28.4. The molecule has 0 amide bonds. The maximum Gasteiger partial charge on any atom is 0.500 e. The van der Waals surface area contributed by atoms with E-state index in [9.17, 15) is 0 Å². The molecule has 0 aliphatic rings. The summed E-state index contributed by atoms with van der Waals surface area (Å²) in [7, 11) is 2.74. The van der Waals surface area contributed by atoms with Crippen LogP contribution in [0.3, 0.4) is 0 Å². The molecule has 0 fully saturated rings. The highest BCUT2D eigenvalue weighted by Crippen LogP contribution is 2.17. The lowest BCUT2D eigenvalue weighted by atomic mass is 10.1. The van der Waals surface area contributed by atoms with Crippen molar-refractivity contribution >= 4 is 8.80 Å². The average molecular weight is 250 g/mol. The smallest absolute Gasteiger partial charge is 0.377 e. The summed E-state index contributed by atoms with van der Waals surface area (Å²) in [6.07, 6.45) is 7.71. The van der Waals surface area contributed by atoms with Gasteiger partial charge >= 0.3 is 8.80 Å². The second-order valence-corrected chi connectivity index (χ2v) is 6.90. The molecule has 0 bridgehead atoms. The van der Waals surface area contributed by atoms with Gasteiger partial charge in [0.2, 0.25) is 0 Å². The zero-order chi connectivity index (χ0) is 11.6. The van der Waals surface area contributed by atoms with Gasteiger partial charge in [-0.05, 0) is 6.42 Å². The van der Waals surface area contributed by atoms with Crippen molar-refractivity contribution in [1.82, 2.24) is 0 Å². The van der Waals surface area contributed by atoms with Crippen LogP contribution in [-0.2, 0) is 13.3 Å². The topological polar surface area (TPSA) is 27.7 Å². The van der Waals surface area contributed by atoms with E-state index in [1.807, 2.05) is 0 Å². The molecule has 0 saturated carbocycles. The molecule has 100 valence electrons. The Morgan fingerprint density at radius 2 is 1.19 bits per heavy atom. The van der Waals surface area contributed by atoms with Gasteiger partial charge in [0.1, 0.15) is 0 Å². The molecule has 0 aliphatic heterocycles. The van der Waals surface area contributed by atoms with Crippen molar-refractivity contribution in [3.63, 3.8) is 0 Å². The van der Waals surface area contributed by atoms with Crippen molar-refractivity contribution in [2.45, 2.75) is 58.9 Å². The van der Waals surface area contributed by atoms with Crippen LogP contribution in [0.4, 0.5) is 0 Å². The second kappa shape index (κ2) is 11.6. The van der Waals surface area contributed by atoms with Crippen molar-refractivity contribution in [3.05, 3.63) is 0 Å². The summed E-state index contributed by atoms with van der Waals surface area (Å²) in [5, 5.41) is 0. The average Bonchev–Trinajstić information content (AvgIpc) is 2.29. The van der Waals surface area contributed by atoms with Crippen LogP contribution < -0.4 is 0 Å². The minimum absolute atomic E-state index is 0. The predicted molar refractivity (Wildman–Crippen MR) is 71.7 cm³/mol. The summed E-state index contributed by atoms with van der Waals surface area (Å²) in [4.78, 5) is 0. The van der Waals surface area contributed by atoms with Gasteiger partial charge in [0.25, 0.3) is 0 Å². The van der Waals surface area contributed by atoms with Crippen molar-refractivity contribution < 1.29 is 13.3 Å². The molecule has 0 aromatic rings. The highest BCUT2D eigenvalue weighted by Gasteiger charge is 2.36. The summed E-state index contributed by atoms with van der Waals surface area (Å²) in [5.74, 6) is 0. The molecule has 0 spiro atoms. The van der Waals surface area contributed by atoms with Crippen LogP contribution >= 0.6 is 0 Å². The van der Waals surface area contributed by atoms with Gasteiger partial charge in [-0.15, -0.1) is 0 Å². The molecule has 0 atom stereocenters. The Kier molecular flexibility index (Phi) is 13.4. The SMILES string of the molecule is C.CCCCCCCC[Si](OC)(OC)OC. The maximum atomic E-state index is 5.36. The zero-order valence-corrected chi connectivity index (χ0v) is 11.7. The lowest BCUT2D eigenvalue weighted by molar-refractivity contribution is 0.122. The first-order chi connectivity index (χ1) is 7.24. The van der Waals surface area contributed by atoms with E-state index in [1.165, 1.54) is 32.1 Å². The third-order valence-electron chi connectivity index (χ3n) is 2.77. The Balaban J connectivity index is 0. The molecule has 0 saturated heterocycles. The van der Waals surface area contributed by atoms with E-state index in [-0.39, 0.29) is 7.43 Å². The summed E-state index contributed by atoms with van der Waals surface area (Å²) >= 11 is 0. The second-order valence-electron chi connectivity index (χ2n) is 3.81. The third-order valence-corrected chi connectivity index (χ3v) is 5.60. The van der Waals surface area contributed by atoms with Gasteiger partial charge in [0.05, 0.1) is 0 Å². The fraction of sp³-hybridized carbons (Fsp3) is 1.00. The number of hydrogen-bond acceptors (Lipinski definition) is 3. The Labute approximate surface area is 103 Å². The molecule has 0 heterocycles. The first kappa shape index (κ1) is 18.5. The number of hydrogen-bond donors (Lipinski definition) is 0. The van der Waals surface area contributed by atoms with Crippen LogP contribution in [0.5, 0.6) is 0 Å². The van der Waals surface area contributed by atoms with E-state index in [0.29, 0.717) is 0 Å². The van der Waals surface area contributed by atoms with Crippen molar-refractivity contribution in [2.75, 3.05) is 21.3 Å². The third kappa shape index (κ3) is 7.38. The highest BCUT2D eigenvalue weighted by molar-refractivity contribution is 6.60. The molecule has 0 unspecified atom stereocenters. The van der Waals surface area contributed by atoms with Gasteiger partial charge in [0.15, 0.2) is 0 Å². The molecule has 0 rings (SSSR count). The van der Waals surface area contributed by atoms with Crippen molar-refractivity contribution in [1.29, 1.82) is 0 Å². The Morgan fingerprint density at radius 3 is 1.62 bits per heavy atom. The molecule has 16 heavy (non-hydrogen) atoms. The molecule has 3 nitrogen and oxygen atoms in total. The minimum atomic E-state index is -2.29. The van der Waals surface area contributed by atoms with Crippen molar-refractivity contribution in [3.8, 4) is 0 Å². The zero-order valence-electron chi connectivity index (χ0n) is 10.7. The van der Waals surface area contributed by atoms with E-state index < -0.39 is 8.80 Å². The maximum absolute atomic E-state index is 5.36. The summed E-state index contributed by atoms with van der Waals surface area (Å²) in [6.45, 7) is 2.23. The molecular weight excluding hydrogens is 220 g/mol. The standard InChI is InChI=1S/C11H26O3Si.CH4/c1-5-6-7-8-9-10-11-15(12-2,13-3)14-4;/h5-11H2,1-4H3;1H4. The van der Waals surface area contributed by atoms with E-state index >= 15 is 0 Å². The first-order valence-electron chi connectivity index (χ1n) is 5.90. The predicted octanol–water partition coefficient (Wildman–Crippen LogP) is 3.86. The Hall–Kier alpha value is 0.0969. The lowest BCUT2D eigenvalue weighted by Crippen LogP contribution is -2.42. The van der Waals surface area contributed by atoms with E-state index in [0.717, 1.165) is 12.5 Å². The van der Waals surface area contributed by atoms with Gasteiger partial charge in [0, 0.05) is 27.4 Å². The van der Waals surface area contributed by atoms with E-state index in [2.05, 4.69) is 6.92 Å². The van der Waals surface area contributed by atoms with Gasteiger partial charge in [-0.2, -0.15) is 0 Å². The number of unbranched alkanes of at least 4 members (excludes halogenated alkanes) is 5. The minimum Gasteiger partial charge on any atom is -0.377 e. The van der Waals surface area contributed by atoms with Crippen LogP contribution in [0.1, 0.15) is 52.9 Å². The molecular formula is C12H30O3Si. The fourth-order valence-corrected chi connectivity index (χ4v) is 3.47. The molecule has 0 aliphatic carbocycles. The summed E-state index contributed by atoms with van der Waals surface area (Å²) in [6, 6.07) is 0.933. The van der Waals surface area contributed by atoms with Gasteiger partial charge in [-0.25, -0.2) is 0 Å². The Morgan fingerprint density at radius 1 is 0.750 bits per heavy atom. The van der Waals surface area contributed by atoms with Gasteiger partial charge < -0.3 is 13.3 Å². The van der Waals surface area contributed by atoms with Crippen LogP contribution in [0, 0.1) is 0 Å². The van der Waals surface area contributed by atoms with E-state index in [1.54, 1.807) is 21.3 Å². The molecule has 0 aromatic carbocycles. The van der Waals surface area contributed by atoms with Crippen molar-refractivity contribution in [2.24, 2.45) is 0 Å². The normalized spacial score (nSPS) is 11.2. The van der Waals surface area contributed by atoms with Crippen LogP contribution in [-0.4, -0.2) is 30.1 Å². The Bertz CT molecular complexity index is 130. The molecule has 0 radical (unpaired) electrons. The quantitative estimate of drug-likeness (QED) is 0.435. The van der Waals surface area contributed by atoms with Crippen LogP contribution in [0.2, 0.25) is 6.04 Å². The molecule has 4 heteroatoms. The first-order valence-corrected chi connectivity index (χ1v) is 7.83. The summed E-state index contributed by atoms with van der Waals surface area (Å²) < 4.78 is 16.1. The van der Waals surface area contributed by atoms with Crippen LogP contribution in [0.15, 0.2) is 0 Å². The van der Waals surface area contributed by atoms with Gasteiger partial charge in [-0.3, -0.25) is 0 Å². The molecule has 0 aromatic heterocycles. The van der Waals surface area contributed by atoms with Crippen LogP contribution in [0.25, 0.3) is 0 Å². The monoisotopic (exact) mass is 250 g/mol. The largest absolute Gasteiger partial charge is 0.500 e.